The number of nitriles is 1. The molecule has 2 atom stereocenters. The molecule has 0 heterocycles. The van der Waals surface area contributed by atoms with Gasteiger partial charge < -0.3 is 10.1 Å². The SMILES string of the molecule is CCCCC(CC)COCCCC(C#N)(CC)NC. The minimum Gasteiger partial charge on any atom is -0.381 e. The van der Waals surface area contributed by atoms with Crippen LogP contribution in [0.3, 0.4) is 0 Å². The maximum absolute atomic E-state index is 9.20. The monoisotopic (exact) mass is 268 g/mol. The maximum atomic E-state index is 9.20. The summed E-state index contributed by atoms with van der Waals surface area (Å²) < 4.78 is 5.78. The topological polar surface area (TPSA) is 45.0 Å². The van der Waals surface area contributed by atoms with Crippen LogP contribution in [0, 0.1) is 17.2 Å². The highest BCUT2D eigenvalue weighted by molar-refractivity contribution is 5.05. The van der Waals surface area contributed by atoms with Crippen molar-refractivity contribution in [2.24, 2.45) is 5.92 Å². The fraction of sp³-hybridized carbons (Fsp3) is 0.938. The molecule has 0 radical (unpaired) electrons. The summed E-state index contributed by atoms with van der Waals surface area (Å²) >= 11 is 0. The fourth-order valence-electron chi connectivity index (χ4n) is 2.29. The second-order valence-electron chi connectivity index (χ2n) is 5.39. The Morgan fingerprint density at radius 2 is 2.00 bits per heavy atom. The zero-order chi connectivity index (χ0) is 14.6. The van der Waals surface area contributed by atoms with Crippen molar-refractivity contribution in [3.8, 4) is 6.07 Å². The van der Waals surface area contributed by atoms with Gasteiger partial charge in [-0.05, 0) is 38.6 Å². The Morgan fingerprint density at radius 3 is 2.47 bits per heavy atom. The van der Waals surface area contributed by atoms with Crippen LogP contribution >= 0.6 is 0 Å². The molecule has 0 rings (SSSR count). The molecule has 112 valence electrons. The summed E-state index contributed by atoms with van der Waals surface area (Å²) in [6, 6.07) is 2.39. The molecule has 0 spiro atoms. The van der Waals surface area contributed by atoms with Crippen LogP contribution in [0.2, 0.25) is 0 Å². The molecular weight excluding hydrogens is 236 g/mol. The zero-order valence-corrected chi connectivity index (χ0v) is 13.3. The van der Waals surface area contributed by atoms with E-state index < -0.39 is 0 Å². The van der Waals surface area contributed by atoms with E-state index >= 15 is 0 Å². The van der Waals surface area contributed by atoms with Gasteiger partial charge in [-0.2, -0.15) is 5.26 Å². The Bertz CT molecular complexity index is 244. The Kier molecular flexibility index (Phi) is 10.9. The number of hydrogen-bond acceptors (Lipinski definition) is 3. The molecule has 3 heteroatoms. The summed E-state index contributed by atoms with van der Waals surface area (Å²) in [6.07, 6.45) is 7.70. The van der Waals surface area contributed by atoms with Crippen LogP contribution in [0.25, 0.3) is 0 Å². The summed E-state index contributed by atoms with van der Waals surface area (Å²) in [5.74, 6) is 0.705. The number of ether oxygens (including phenoxy) is 1. The minimum absolute atomic E-state index is 0.365. The molecule has 19 heavy (non-hydrogen) atoms. The van der Waals surface area contributed by atoms with E-state index in [-0.39, 0.29) is 5.54 Å². The van der Waals surface area contributed by atoms with Crippen molar-refractivity contribution in [3.63, 3.8) is 0 Å². The Hall–Kier alpha value is -0.590. The molecular formula is C16H32N2O. The van der Waals surface area contributed by atoms with E-state index in [0.717, 1.165) is 32.5 Å². The van der Waals surface area contributed by atoms with Crippen LogP contribution in [0.15, 0.2) is 0 Å². The van der Waals surface area contributed by atoms with Gasteiger partial charge in [0, 0.05) is 13.2 Å². The van der Waals surface area contributed by atoms with Gasteiger partial charge in [0.25, 0.3) is 0 Å². The van der Waals surface area contributed by atoms with Crippen LogP contribution in [0.5, 0.6) is 0 Å². The van der Waals surface area contributed by atoms with Gasteiger partial charge in [-0.1, -0.05) is 40.0 Å². The standard InChI is InChI=1S/C16H32N2O/c1-5-8-10-15(6-2)13-19-12-9-11-16(7-3,14-17)18-4/h15,18H,5-13H2,1-4H3. The largest absolute Gasteiger partial charge is 0.381 e. The third-order valence-corrected chi connectivity index (χ3v) is 4.09. The first-order chi connectivity index (χ1) is 9.17. The van der Waals surface area contributed by atoms with Gasteiger partial charge in [0.1, 0.15) is 5.54 Å². The first-order valence-electron chi connectivity index (χ1n) is 7.85. The lowest BCUT2D eigenvalue weighted by molar-refractivity contribution is 0.0879. The van der Waals surface area contributed by atoms with Crippen molar-refractivity contribution in [2.75, 3.05) is 20.3 Å². The Balaban J connectivity index is 3.76. The van der Waals surface area contributed by atoms with Gasteiger partial charge in [-0.15, -0.1) is 0 Å². The van der Waals surface area contributed by atoms with Crippen LogP contribution in [-0.2, 0) is 4.74 Å². The molecule has 3 nitrogen and oxygen atoms in total. The second kappa shape index (κ2) is 11.3. The van der Waals surface area contributed by atoms with E-state index in [1.54, 1.807) is 0 Å². The van der Waals surface area contributed by atoms with Crippen molar-refractivity contribution in [3.05, 3.63) is 0 Å². The van der Waals surface area contributed by atoms with E-state index in [4.69, 9.17) is 4.74 Å². The minimum atomic E-state index is -0.365. The van der Waals surface area contributed by atoms with Gasteiger partial charge in [0.05, 0.1) is 6.07 Å². The number of nitrogens with zero attached hydrogens (tertiary/aromatic N) is 1. The summed E-state index contributed by atoms with van der Waals surface area (Å²) in [5, 5.41) is 12.3. The van der Waals surface area contributed by atoms with E-state index in [0.29, 0.717) is 5.92 Å². The highest BCUT2D eigenvalue weighted by Crippen LogP contribution is 2.17. The van der Waals surface area contributed by atoms with Crippen molar-refractivity contribution in [1.29, 1.82) is 5.26 Å². The molecule has 0 aromatic rings. The third kappa shape index (κ3) is 7.54. The van der Waals surface area contributed by atoms with Crippen molar-refractivity contribution < 1.29 is 4.74 Å². The van der Waals surface area contributed by atoms with E-state index in [9.17, 15) is 5.26 Å². The molecule has 1 N–H and O–H groups in total. The third-order valence-electron chi connectivity index (χ3n) is 4.09. The molecule has 0 saturated heterocycles. The lowest BCUT2D eigenvalue weighted by atomic mass is 9.92. The van der Waals surface area contributed by atoms with Crippen molar-refractivity contribution >= 4 is 0 Å². The van der Waals surface area contributed by atoms with E-state index in [1.165, 1.54) is 25.7 Å². The molecule has 2 unspecified atom stereocenters. The van der Waals surface area contributed by atoms with Gasteiger partial charge in [0.2, 0.25) is 0 Å². The molecule has 0 aromatic heterocycles. The number of unbranched alkanes of at least 4 members (excludes halogenated alkanes) is 1. The average molecular weight is 268 g/mol. The molecule has 0 aromatic carbocycles. The summed E-state index contributed by atoms with van der Waals surface area (Å²) in [5.41, 5.74) is -0.365. The van der Waals surface area contributed by atoms with Crippen LogP contribution in [-0.4, -0.2) is 25.8 Å². The fourth-order valence-corrected chi connectivity index (χ4v) is 2.29. The molecule has 0 amide bonds. The first kappa shape index (κ1) is 18.4. The molecule has 0 fully saturated rings. The number of rotatable bonds is 12. The lowest BCUT2D eigenvalue weighted by Gasteiger charge is -2.24. The first-order valence-corrected chi connectivity index (χ1v) is 7.85. The summed E-state index contributed by atoms with van der Waals surface area (Å²) in [4.78, 5) is 0. The zero-order valence-electron chi connectivity index (χ0n) is 13.3. The van der Waals surface area contributed by atoms with Gasteiger partial charge in [0.15, 0.2) is 0 Å². The van der Waals surface area contributed by atoms with Crippen molar-refractivity contribution in [1.82, 2.24) is 5.32 Å². The molecule has 0 saturated carbocycles. The highest BCUT2D eigenvalue weighted by Gasteiger charge is 2.24. The Morgan fingerprint density at radius 1 is 1.26 bits per heavy atom. The predicted octanol–water partition coefficient (Wildman–Crippen LogP) is 3.89. The molecule has 0 aliphatic heterocycles. The molecule has 0 bridgehead atoms. The quantitative estimate of drug-likeness (QED) is 0.546. The Labute approximate surface area is 119 Å². The van der Waals surface area contributed by atoms with E-state index in [2.05, 4.69) is 32.2 Å². The summed E-state index contributed by atoms with van der Waals surface area (Å²) in [6.45, 7) is 8.17. The smallest absolute Gasteiger partial charge is 0.106 e. The van der Waals surface area contributed by atoms with E-state index in [1.807, 2.05) is 7.05 Å². The molecule has 0 aliphatic carbocycles. The summed E-state index contributed by atoms with van der Waals surface area (Å²) in [7, 11) is 1.87. The second-order valence-corrected chi connectivity index (χ2v) is 5.39. The average Bonchev–Trinajstić information content (AvgIpc) is 2.46. The lowest BCUT2D eigenvalue weighted by Crippen LogP contribution is -2.40. The van der Waals surface area contributed by atoms with Crippen LogP contribution in [0.1, 0.15) is 65.7 Å². The van der Waals surface area contributed by atoms with Crippen molar-refractivity contribution in [2.45, 2.75) is 71.3 Å². The maximum Gasteiger partial charge on any atom is 0.106 e. The predicted molar refractivity (Wildman–Crippen MR) is 81.1 cm³/mol. The highest BCUT2D eigenvalue weighted by atomic mass is 16.5. The van der Waals surface area contributed by atoms with Crippen LogP contribution < -0.4 is 5.32 Å². The van der Waals surface area contributed by atoms with Gasteiger partial charge >= 0.3 is 0 Å². The van der Waals surface area contributed by atoms with Gasteiger partial charge in [-0.25, -0.2) is 0 Å². The normalized spacial score (nSPS) is 15.7. The van der Waals surface area contributed by atoms with Crippen LogP contribution in [0.4, 0.5) is 0 Å². The number of hydrogen-bond donors (Lipinski definition) is 1. The molecule has 0 aliphatic rings. The van der Waals surface area contributed by atoms with Gasteiger partial charge in [-0.3, -0.25) is 0 Å². The number of nitrogens with one attached hydrogen (secondary N) is 1.